The maximum Gasteiger partial charge on any atom is 0.271 e. The molecule has 2 N–H and O–H groups in total. The first-order chi connectivity index (χ1) is 12.5. The molecule has 0 radical (unpaired) electrons. The molecule has 0 bridgehead atoms. The van der Waals surface area contributed by atoms with Crippen LogP contribution >= 0.6 is 11.3 Å². The normalized spacial score (nSPS) is 22.7. The molecular weight excluding hydrogens is 370 g/mol. The Morgan fingerprint density at radius 3 is 2.69 bits per heavy atom. The molecule has 1 heterocycles. The van der Waals surface area contributed by atoms with Gasteiger partial charge < -0.3 is 0 Å². The van der Waals surface area contributed by atoms with E-state index in [0.717, 1.165) is 29.9 Å². The predicted octanol–water partition coefficient (Wildman–Crippen LogP) is 3.23. The Bertz CT molecular complexity index is 977. The number of thiophene rings is 1. The van der Waals surface area contributed by atoms with Gasteiger partial charge in [0.2, 0.25) is 0 Å². The molecule has 2 aliphatic rings. The first-order valence-corrected chi connectivity index (χ1v) is 10.6. The second kappa shape index (κ2) is 6.69. The lowest BCUT2D eigenvalue weighted by Gasteiger charge is -2.31. The van der Waals surface area contributed by atoms with Crippen LogP contribution in [0.1, 0.15) is 23.2 Å². The molecule has 1 fully saturated rings. The number of nitrogens with one attached hydrogen (secondary N) is 2. The minimum absolute atomic E-state index is 0.245. The zero-order valence-electron chi connectivity index (χ0n) is 13.8. The van der Waals surface area contributed by atoms with E-state index in [9.17, 15) is 13.2 Å². The first-order valence-electron chi connectivity index (χ1n) is 8.23. The second-order valence-corrected chi connectivity index (χ2v) is 9.17. The summed E-state index contributed by atoms with van der Waals surface area (Å²) in [6, 6.07) is 9.48. The van der Waals surface area contributed by atoms with E-state index in [2.05, 4.69) is 27.4 Å². The van der Waals surface area contributed by atoms with Crippen LogP contribution in [0.3, 0.4) is 0 Å². The van der Waals surface area contributed by atoms with Gasteiger partial charge in [0.05, 0.1) is 0 Å². The van der Waals surface area contributed by atoms with Gasteiger partial charge in [-0.1, -0.05) is 18.2 Å². The number of amides is 1. The highest BCUT2D eigenvalue weighted by Crippen LogP contribution is 2.40. The van der Waals surface area contributed by atoms with Crippen LogP contribution in [0.2, 0.25) is 0 Å². The monoisotopic (exact) mass is 387 g/mol. The molecule has 134 valence electrons. The number of rotatable bonds is 5. The van der Waals surface area contributed by atoms with Gasteiger partial charge in [-0.05, 0) is 54.5 Å². The molecule has 6 nitrogen and oxygen atoms in total. The lowest BCUT2D eigenvalue weighted by Crippen LogP contribution is -2.35. The average molecular weight is 387 g/mol. The summed E-state index contributed by atoms with van der Waals surface area (Å²) in [6.07, 6.45) is 6.34. The van der Waals surface area contributed by atoms with Crippen molar-refractivity contribution in [2.75, 3.05) is 4.72 Å². The van der Waals surface area contributed by atoms with Crippen molar-refractivity contribution in [2.24, 2.45) is 16.9 Å². The number of hydrogen-bond acceptors (Lipinski definition) is 5. The molecule has 0 aliphatic heterocycles. The summed E-state index contributed by atoms with van der Waals surface area (Å²) in [7, 11) is -3.59. The Morgan fingerprint density at radius 2 is 2.00 bits per heavy atom. The quantitative estimate of drug-likeness (QED) is 0.610. The number of carbonyl (C=O) groups is 1. The van der Waals surface area contributed by atoms with Crippen molar-refractivity contribution >= 4 is 38.7 Å². The molecule has 2 atom stereocenters. The molecule has 0 saturated heterocycles. The molecule has 8 heteroatoms. The third kappa shape index (κ3) is 3.30. The van der Waals surface area contributed by atoms with Crippen molar-refractivity contribution in [1.82, 2.24) is 5.43 Å². The van der Waals surface area contributed by atoms with Crippen molar-refractivity contribution in [3.05, 3.63) is 59.5 Å². The number of benzene rings is 1. The number of anilines is 1. The Balaban J connectivity index is 1.39. The van der Waals surface area contributed by atoms with Gasteiger partial charge in [-0.15, -0.1) is 11.3 Å². The Hall–Kier alpha value is -2.45. The van der Waals surface area contributed by atoms with E-state index >= 15 is 0 Å². The first kappa shape index (κ1) is 17.0. The van der Waals surface area contributed by atoms with Crippen LogP contribution in [-0.4, -0.2) is 20.0 Å². The number of sulfonamides is 1. The highest BCUT2D eigenvalue weighted by atomic mass is 32.2. The van der Waals surface area contributed by atoms with Crippen molar-refractivity contribution in [1.29, 1.82) is 0 Å². The highest BCUT2D eigenvalue weighted by molar-refractivity contribution is 7.94. The van der Waals surface area contributed by atoms with Gasteiger partial charge in [-0.2, -0.15) is 5.10 Å². The number of nitrogens with zero attached hydrogens (tertiary/aromatic N) is 1. The van der Waals surface area contributed by atoms with Crippen LogP contribution in [0, 0.1) is 11.8 Å². The van der Waals surface area contributed by atoms with Crippen molar-refractivity contribution < 1.29 is 13.2 Å². The largest absolute Gasteiger partial charge is 0.279 e. The van der Waals surface area contributed by atoms with Gasteiger partial charge >= 0.3 is 0 Å². The molecule has 26 heavy (non-hydrogen) atoms. The number of fused-ring (bicyclic) bond motifs is 1. The highest BCUT2D eigenvalue weighted by Gasteiger charge is 2.37. The summed E-state index contributed by atoms with van der Waals surface area (Å²) in [6.45, 7) is 0. The zero-order valence-corrected chi connectivity index (χ0v) is 15.4. The van der Waals surface area contributed by atoms with Gasteiger partial charge in [-0.25, -0.2) is 13.8 Å². The van der Waals surface area contributed by atoms with Crippen molar-refractivity contribution in [2.45, 2.75) is 17.1 Å². The fourth-order valence-corrected chi connectivity index (χ4v) is 5.21. The van der Waals surface area contributed by atoms with Crippen molar-refractivity contribution in [3.63, 3.8) is 0 Å². The van der Waals surface area contributed by atoms with E-state index in [1.54, 1.807) is 41.8 Å². The minimum Gasteiger partial charge on any atom is -0.279 e. The summed E-state index contributed by atoms with van der Waals surface area (Å²) in [5.74, 6) is 0.723. The second-order valence-electron chi connectivity index (χ2n) is 6.31. The fourth-order valence-electron chi connectivity index (χ4n) is 3.16. The molecule has 4 rings (SSSR count). The molecule has 1 aromatic carbocycles. The maximum absolute atomic E-state index is 12.2. The molecule has 1 amide bonds. The van der Waals surface area contributed by atoms with Crippen LogP contribution < -0.4 is 10.1 Å². The molecule has 2 aromatic rings. The molecule has 0 unspecified atom stereocenters. The Kier molecular flexibility index (Phi) is 4.37. The number of allylic oxidation sites excluding steroid dienone is 2. The van der Waals surface area contributed by atoms with Crippen LogP contribution in [0.15, 0.2) is 63.2 Å². The van der Waals surface area contributed by atoms with Crippen LogP contribution in [0.25, 0.3) is 0 Å². The van der Waals surface area contributed by atoms with Gasteiger partial charge in [0.25, 0.3) is 15.9 Å². The molecule has 1 saturated carbocycles. The summed E-state index contributed by atoms with van der Waals surface area (Å²) >= 11 is 1.15. The van der Waals surface area contributed by atoms with E-state index in [0.29, 0.717) is 23.1 Å². The number of carbonyl (C=O) groups excluding carboxylic acids is 1. The van der Waals surface area contributed by atoms with Crippen LogP contribution in [-0.2, 0) is 10.0 Å². The summed E-state index contributed by atoms with van der Waals surface area (Å²) in [5, 5.41) is 5.92. The number of hydrogen-bond donors (Lipinski definition) is 2. The van der Waals surface area contributed by atoms with Gasteiger partial charge in [-0.3, -0.25) is 9.52 Å². The lowest BCUT2D eigenvalue weighted by molar-refractivity contribution is 0.0954. The minimum atomic E-state index is -3.59. The standard InChI is InChI=1S/C18H17N3O3S2/c22-18(20-19-16-11-13-3-1-4-15(13)16)12-6-8-14(9-7-12)21-26(23,24)17-5-2-10-25-17/h1-2,4-10,13,15,21H,3,11H2,(H,20,22)/b19-16-/t13-,15+/m1/s1. The molecule has 1 aromatic heterocycles. The topological polar surface area (TPSA) is 87.6 Å². The summed E-state index contributed by atoms with van der Waals surface area (Å²) < 4.78 is 27.1. The van der Waals surface area contributed by atoms with Crippen LogP contribution in [0.4, 0.5) is 5.69 Å². The van der Waals surface area contributed by atoms with E-state index in [1.807, 2.05) is 0 Å². The Labute approximate surface area is 155 Å². The molecule has 2 aliphatic carbocycles. The van der Waals surface area contributed by atoms with E-state index in [4.69, 9.17) is 0 Å². The lowest BCUT2D eigenvalue weighted by atomic mass is 9.74. The number of hydrazone groups is 1. The van der Waals surface area contributed by atoms with Crippen molar-refractivity contribution in [3.8, 4) is 0 Å². The molecule has 0 spiro atoms. The predicted molar refractivity (Wildman–Crippen MR) is 102 cm³/mol. The van der Waals surface area contributed by atoms with Gasteiger partial charge in [0, 0.05) is 22.9 Å². The smallest absolute Gasteiger partial charge is 0.271 e. The van der Waals surface area contributed by atoms with Crippen LogP contribution in [0.5, 0.6) is 0 Å². The summed E-state index contributed by atoms with van der Waals surface area (Å²) in [4.78, 5) is 12.2. The summed E-state index contributed by atoms with van der Waals surface area (Å²) in [5.41, 5.74) is 4.42. The third-order valence-electron chi connectivity index (χ3n) is 4.61. The molecular formula is C18H17N3O3S2. The van der Waals surface area contributed by atoms with E-state index < -0.39 is 10.0 Å². The Morgan fingerprint density at radius 1 is 1.19 bits per heavy atom. The maximum atomic E-state index is 12.2. The van der Waals surface area contributed by atoms with E-state index in [1.165, 1.54) is 0 Å². The van der Waals surface area contributed by atoms with Gasteiger partial charge in [0.15, 0.2) is 0 Å². The zero-order chi connectivity index (χ0) is 18.1. The van der Waals surface area contributed by atoms with E-state index in [-0.39, 0.29) is 10.1 Å². The fraction of sp³-hybridized carbons (Fsp3) is 0.222. The van der Waals surface area contributed by atoms with Gasteiger partial charge in [0.1, 0.15) is 4.21 Å². The SMILES string of the molecule is O=C(N/N=C1/C[C@H]2CC=C[C@H]12)c1ccc(NS(=O)(=O)c2cccs2)cc1. The average Bonchev–Trinajstić information content (AvgIpc) is 3.26. The third-order valence-corrected chi connectivity index (χ3v) is 7.39.